The first-order chi connectivity index (χ1) is 8.49. The molecule has 2 aromatic rings. The predicted molar refractivity (Wildman–Crippen MR) is 68.9 cm³/mol. The first-order valence-corrected chi connectivity index (χ1v) is 5.90. The molecule has 0 bridgehead atoms. The Bertz CT molecular complexity index is 587. The second kappa shape index (κ2) is 5.22. The molecule has 18 heavy (non-hydrogen) atoms. The van der Waals surface area contributed by atoms with Crippen LogP contribution in [-0.4, -0.2) is 0 Å². The van der Waals surface area contributed by atoms with Gasteiger partial charge in [-0.2, -0.15) is 0 Å². The van der Waals surface area contributed by atoms with Crippen LogP contribution >= 0.6 is 23.2 Å². The van der Waals surface area contributed by atoms with Gasteiger partial charge < -0.3 is 5.73 Å². The van der Waals surface area contributed by atoms with Crippen LogP contribution in [0.25, 0.3) is 0 Å². The third-order valence-corrected chi connectivity index (χ3v) is 3.14. The molecule has 0 saturated carbocycles. The lowest BCUT2D eigenvalue weighted by Crippen LogP contribution is -2.13. The molecule has 5 heteroatoms. The fourth-order valence-corrected chi connectivity index (χ4v) is 2.12. The van der Waals surface area contributed by atoms with Gasteiger partial charge in [-0.05, 0) is 35.4 Å². The van der Waals surface area contributed by atoms with Gasteiger partial charge in [0.25, 0.3) is 0 Å². The molecular formula is C13H9Cl2F2N. The summed E-state index contributed by atoms with van der Waals surface area (Å²) in [6.07, 6.45) is 0. The van der Waals surface area contributed by atoms with Crippen LogP contribution in [0.3, 0.4) is 0 Å². The minimum atomic E-state index is -0.998. The molecule has 0 heterocycles. The van der Waals surface area contributed by atoms with Crippen molar-refractivity contribution in [1.82, 2.24) is 0 Å². The van der Waals surface area contributed by atoms with Crippen molar-refractivity contribution in [3.63, 3.8) is 0 Å². The molecule has 0 aliphatic carbocycles. The molecule has 0 aliphatic rings. The van der Waals surface area contributed by atoms with Crippen molar-refractivity contribution < 1.29 is 8.78 Å². The highest BCUT2D eigenvalue weighted by atomic mass is 35.5. The average Bonchev–Trinajstić information content (AvgIpc) is 2.33. The summed E-state index contributed by atoms with van der Waals surface area (Å²) < 4.78 is 26.2. The zero-order chi connectivity index (χ0) is 13.3. The van der Waals surface area contributed by atoms with Crippen LogP contribution in [-0.2, 0) is 0 Å². The van der Waals surface area contributed by atoms with E-state index in [2.05, 4.69) is 0 Å². The molecule has 2 N–H and O–H groups in total. The molecule has 1 unspecified atom stereocenters. The van der Waals surface area contributed by atoms with Crippen LogP contribution in [0.2, 0.25) is 10.0 Å². The van der Waals surface area contributed by atoms with Crippen LogP contribution in [0.1, 0.15) is 17.2 Å². The normalized spacial score (nSPS) is 12.5. The van der Waals surface area contributed by atoms with Crippen LogP contribution in [0.4, 0.5) is 8.78 Å². The van der Waals surface area contributed by atoms with E-state index in [-0.39, 0.29) is 5.02 Å². The van der Waals surface area contributed by atoms with E-state index < -0.39 is 17.7 Å². The molecule has 0 fully saturated rings. The van der Waals surface area contributed by atoms with E-state index in [4.69, 9.17) is 28.9 Å². The Morgan fingerprint density at radius 3 is 2.33 bits per heavy atom. The smallest absolute Gasteiger partial charge is 0.160 e. The summed E-state index contributed by atoms with van der Waals surface area (Å²) in [5, 5.41) is 0.600. The predicted octanol–water partition coefficient (Wildman–Crippen LogP) is 4.32. The summed E-state index contributed by atoms with van der Waals surface area (Å²) in [6.45, 7) is 0. The Balaban J connectivity index is 2.46. The van der Waals surface area contributed by atoms with Gasteiger partial charge >= 0.3 is 0 Å². The number of halogens is 4. The van der Waals surface area contributed by atoms with Gasteiger partial charge in [-0.3, -0.25) is 0 Å². The summed E-state index contributed by atoms with van der Waals surface area (Å²) in [7, 11) is 0. The third-order valence-electron chi connectivity index (χ3n) is 2.58. The number of rotatable bonds is 2. The van der Waals surface area contributed by atoms with Gasteiger partial charge in [0.15, 0.2) is 11.6 Å². The minimum absolute atomic E-state index is 0.0846. The summed E-state index contributed by atoms with van der Waals surface area (Å²) in [6, 6.07) is 8.08. The summed E-state index contributed by atoms with van der Waals surface area (Å²) in [4.78, 5) is 0. The van der Waals surface area contributed by atoms with Gasteiger partial charge in [0, 0.05) is 10.0 Å². The van der Waals surface area contributed by atoms with Crippen molar-refractivity contribution in [1.29, 1.82) is 0 Å². The standard InChI is InChI=1S/C13H9Cl2F2N/c14-8-3-1-2-7(4-8)13(18)9-5-11(16)12(17)6-10(9)15/h1-6,13H,18H2. The van der Waals surface area contributed by atoms with Gasteiger partial charge in [-0.1, -0.05) is 35.3 Å². The Labute approximate surface area is 113 Å². The quantitative estimate of drug-likeness (QED) is 0.818. The molecule has 0 amide bonds. The third kappa shape index (κ3) is 2.64. The van der Waals surface area contributed by atoms with Gasteiger partial charge in [0.2, 0.25) is 0 Å². The highest BCUT2D eigenvalue weighted by Gasteiger charge is 2.16. The lowest BCUT2D eigenvalue weighted by atomic mass is 9.99. The van der Waals surface area contributed by atoms with Gasteiger partial charge in [0.05, 0.1) is 6.04 Å². The highest BCUT2D eigenvalue weighted by Crippen LogP contribution is 2.29. The van der Waals surface area contributed by atoms with Crippen LogP contribution in [0.15, 0.2) is 36.4 Å². The van der Waals surface area contributed by atoms with E-state index in [1.807, 2.05) is 0 Å². The van der Waals surface area contributed by atoms with Gasteiger partial charge in [-0.25, -0.2) is 8.78 Å². The van der Waals surface area contributed by atoms with E-state index in [9.17, 15) is 8.78 Å². The Kier molecular flexibility index (Phi) is 3.85. The largest absolute Gasteiger partial charge is 0.320 e. The molecule has 2 rings (SSSR count). The first-order valence-electron chi connectivity index (χ1n) is 5.14. The van der Waals surface area contributed by atoms with Crippen molar-refractivity contribution in [3.05, 3.63) is 69.2 Å². The lowest BCUT2D eigenvalue weighted by molar-refractivity contribution is 0.506. The molecule has 0 radical (unpaired) electrons. The lowest BCUT2D eigenvalue weighted by Gasteiger charge is -2.15. The Morgan fingerprint density at radius 1 is 1.00 bits per heavy atom. The van der Waals surface area contributed by atoms with Crippen molar-refractivity contribution in [2.24, 2.45) is 5.73 Å². The molecule has 0 saturated heterocycles. The van der Waals surface area contributed by atoms with E-state index in [0.717, 1.165) is 12.1 Å². The SMILES string of the molecule is NC(c1cccc(Cl)c1)c1cc(F)c(F)cc1Cl. The fraction of sp³-hybridized carbons (Fsp3) is 0.0769. The second-order valence-electron chi connectivity index (χ2n) is 3.82. The summed E-state index contributed by atoms with van der Waals surface area (Å²) in [5.41, 5.74) is 6.97. The van der Waals surface area contributed by atoms with Crippen molar-refractivity contribution in [2.45, 2.75) is 6.04 Å². The van der Waals surface area contributed by atoms with Gasteiger partial charge in [-0.15, -0.1) is 0 Å². The molecule has 0 aliphatic heterocycles. The molecule has 1 atom stereocenters. The summed E-state index contributed by atoms with van der Waals surface area (Å²) in [5.74, 6) is -1.98. The number of hydrogen-bond donors (Lipinski definition) is 1. The number of hydrogen-bond acceptors (Lipinski definition) is 1. The van der Waals surface area contributed by atoms with E-state index in [1.165, 1.54) is 0 Å². The molecule has 0 spiro atoms. The molecule has 1 nitrogen and oxygen atoms in total. The number of nitrogens with two attached hydrogens (primary N) is 1. The van der Waals surface area contributed by atoms with Crippen LogP contribution < -0.4 is 5.73 Å². The van der Waals surface area contributed by atoms with Crippen molar-refractivity contribution in [2.75, 3.05) is 0 Å². The zero-order valence-electron chi connectivity index (χ0n) is 9.13. The monoisotopic (exact) mass is 287 g/mol. The number of benzene rings is 2. The summed E-state index contributed by atoms with van der Waals surface area (Å²) >= 11 is 11.7. The Morgan fingerprint density at radius 2 is 1.67 bits per heavy atom. The fourth-order valence-electron chi connectivity index (χ4n) is 1.66. The van der Waals surface area contributed by atoms with Crippen LogP contribution in [0.5, 0.6) is 0 Å². The Hall–Kier alpha value is -1.16. The molecular weight excluding hydrogens is 279 g/mol. The second-order valence-corrected chi connectivity index (χ2v) is 4.66. The van der Waals surface area contributed by atoms with E-state index >= 15 is 0 Å². The van der Waals surface area contributed by atoms with Crippen molar-refractivity contribution in [3.8, 4) is 0 Å². The maximum Gasteiger partial charge on any atom is 0.160 e. The average molecular weight is 288 g/mol. The minimum Gasteiger partial charge on any atom is -0.320 e. The van der Waals surface area contributed by atoms with Gasteiger partial charge in [0.1, 0.15) is 0 Å². The van der Waals surface area contributed by atoms with E-state index in [0.29, 0.717) is 16.1 Å². The highest BCUT2D eigenvalue weighted by molar-refractivity contribution is 6.31. The molecule has 2 aromatic carbocycles. The molecule has 0 aromatic heterocycles. The van der Waals surface area contributed by atoms with E-state index in [1.54, 1.807) is 24.3 Å². The maximum absolute atomic E-state index is 13.2. The maximum atomic E-state index is 13.2. The topological polar surface area (TPSA) is 26.0 Å². The first kappa shape index (κ1) is 13.3. The van der Waals surface area contributed by atoms with Crippen molar-refractivity contribution >= 4 is 23.2 Å². The molecule has 94 valence electrons. The zero-order valence-corrected chi connectivity index (χ0v) is 10.6. The van der Waals surface area contributed by atoms with Crippen LogP contribution in [0, 0.1) is 11.6 Å².